The van der Waals surface area contributed by atoms with Crippen LogP contribution in [0.4, 0.5) is 4.79 Å². The van der Waals surface area contributed by atoms with Crippen LogP contribution in [0.1, 0.15) is 51.1 Å². The van der Waals surface area contributed by atoms with Gasteiger partial charge in [0.1, 0.15) is 5.54 Å². The second-order valence-electron chi connectivity index (χ2n) is 9.36. The van der Waals surface area contributed by atoms with Crippen molar-refractivity contribution in [2.45, 2.75) is 63.5 Å². The highest BCUT2D eigenvalue weighted by atomic mass is 32.1. The van der Waals surface area contributed by atoms with Crippen LogP contribution >= 0.6 is 11.3 Å². The second kappa shape index (κ2) is 9.06. The molecule has 2 aromatic rings. The maximum atomic E-state index is 13.5. The molecule has 0 radical (unpaired) electrons. The van der Waals surface area contributed by atoms with Crippen LogP contribution in [0.3, 0.4) is 0 Å². The van der Waals surface area contributed by atoms with Crippen molar-refractivity contribution >= 4 is 34.1 Å². The maximum Gasteiger partial charge on any atom is 0.325 e. The molecule has 0 spiro atoms. The minimum absolute atomic E-state index is 0.0189. The number of hydrogen-bond acceptors (Lipinski definition) is 6. The van der Waals surface area contributed by atoms with Crippen LogP contribution in [-0.2, 0) is 20.7 Å². The van der Waals surface area contributed by atoms with E-state index in [0.717, 1.165) is 29.9 Å². The number of carbonyl (C=O) groups is 3. The van der Waals surface area contributed by atoms with Crippen molar-refractivity contribution in [2.75, 3.05) is 26.2 Å². The van der Waals surface area contributed by atoms with Crippen LogP contribution in [0.2, 0.25) is 0 Å². The molecule has 9 nitrogen and oxygen atoms in total. The van der Waals surface area contributed by atoms with Gasteiger partial charge in [-0.3, -0.25) is 18.9 Å². The van der Waals surface area contributed by atoms with Crippen LogP contribution in [0.25, 0.3) is 4.96 Å². The van der Waals surface area contributed by atoms with E-state index in [1.165, 1.54) is 4.90 Å². The molecule has 0 saturated carbocycles. The number of carbonyl (C=O) groups excluding carboxylic acids is 3. The van der Waals surface area contributed by atoms with Crippen LogP contribution in [-0.4, -0.2) is 74.9 Å². The standard InChI is InChI=1S/C23H31N5O4S/c1-2-7-23(20(30)28(21(31)25-23)15-18-4-3-11-32-18)16-5-8-26(9-6-16)19(29)13-17-14-27-10-12-33-22(27)24-17/h10,12,14,16,18H,2-9,11,13,15H2,1H3,(H,25,31)/t18-,23-/m0/s1. The third-order valence-electron chi connectivity index (χ3n) is 7.28. The largest absolute Gasteiger partial charge is 0.376 e. The number of imidazole rings is 1. The first-order valence-corrected chi connectivity index (χ1v) is 12.8. The molecule has 4 amide bonds. The van der Waals surface area contributed by atoms with E-state index in [9.17, 15) is 14.4 Å². The first-order valence-electron chi connectivity index (χ1n) is 11.9. The average Bonchev–Trinajstić information content (AvgIpc) is 3.57. The highest BCUT2D eigenvalue weighted by molar-refractivity contribution is 7.15. The Morgan fingerprint density at radius 2 is 2.12 bits per heavy atom. The molecule has 178 valence electrons. The van der Waals surface area contributed by atoms with Gasteiger partial charge in [-0.1, -0.05) is 13.3 Å². The summed E-state index contributed by atoms with van der Waals surface area (Å²) in [5.41, 5.74) is -0.0900. The number of nitrogens with one attached hydrogen (secondary N) is 1. The van der Waals surface area contributed by atoms with Crippen molar-refractivity contribution < 1.29 is 19.1 Å². The summed E-state index contributed by atoms with van der Waals surface area (Å²) in [5, 5.41) is 5.04. The molecule has 33 heavy (non-hydrogen) atoms. The lowest BCUT2D eigenvalue weighted by molar-refractivity contribution is -0.136. The number of fused-ring (bicyclic) bond motifs is 1. The Hall–Kier alpha value is -2.46. The molecule has 2 atom stereocenters. The van der Waals surface area contributed by atoms with Gasteiger partial charge >= 0.3 is 6.03 Å². The van der Waals surface area contributed by atoms with E-state index in [4.69, 9.17) is 4.74 Å². The predicted octanol–water partition coefficient (Wildman–Crippen LogP) is 2.45. The first-order chi connectivity index (χ1) is 16.0. The van der Waals surface area contributed by atoms with Gasteiger partial charge in [-0.2, -0.15) is 0 Å². The zero-order chi connectivity index (χ0) is 23.0. The van der Waals surface area contributed by atoms with E-state index in [2.05, 4.69) is 10.3 Å². The smallest absolute Gasteiger partial charge is 0.325 e. The van der Waals surface area contributed by atoms with Gasteiger partial charge in [0.05, 0.1) is 24.8 Å². The Labute approximate surface area is 197 Å². The van der Waals surface area contributed by atoms with E-state index in [1.807, 2.05) is 34.0 Å². The van der Waals surface area contributed by atoms with Crippen molar-refractivity contribution in [3.05, 3.63) is 23.5 Å². The molecular weight excluding hydrogens is 442 g/mol. The normalized spacial score (nSPS) is 26.5. The lowest BCUT2D eigenvalue weighted by Crippen LogP contribution is -2.56. The zero-order valence-electron chi connectivity index (χ0n) is 19.0. The summed E-state index contributed by atoms with van der Waals surface area (Å²) in [5.74, 6) is -0.0383. The fraction of sp³-hybridized carbons (Fsp3) is 0.652. The molecule has 3 aliphatic heterocycles. The van der Waals surface area contributed by atoms with Gasteiger partial charge in [0.15, 0.2) is 4.96 Å². The molecule has 0 bridgehead atoms. The van der Waals surface area contributed by atoms with Crippen molar-refractivity contribution in [3.8, 4) is 0 Å². The lowest BCUT2D eigenvalue weighted by Gasteiger charge is -2.41. The van der Waals surface area contributed by atoms with Gasteiger partial charge in [0, 0.05) is 37.5 Å². The van der Waals surface area contributed by atoms with E-state index >= 15 is 0 Å². The SMILES string of the molecule is CCC[C@@]1(C2CCN(C(=O)Cc3cn4ccsc4n3)CC2)NC(=O)N(C[C@@H]2CCCO2)C1=O. The van der Waals surface area contributed by atoms with Crippen LogP contribution in [0.5, 0.6) is 0 Å². The van der Waals surface area contributed by atoms with Gasteiger partial charge < -0.3 is 15.0 Å². The minimum atomic E-state index is -0.867. The predicted molar refractivity (Wildman–Crippen MR) is 123 cm³/mol. The fourth-order valence-corrected chi connectivity index (χ4v) is 6.32. The molecule has 2 aromatic heterocycles. The van der Waals surface area contributed by atoms with Crippen molar-refractivity contribution in [1.29, 1.82) is 0 Å². The molecule has 3 aliphatic rings. The van der Waals surface area contributed by atoms with E-state index in [-0.39, 0.29) is 36.3 Å². The van der Waals surface area contributed by atoms with Crippen LogP contribution in [0, 0.1) is 5.92 Å². The Morgan fingerprint density at radius 1 is 1.30 bits per heavy atom. The van der Waals surface area contributed by atoms with Crippen molar-refractivity contribution in [3.63, 3.8) is 0 Å². The van der Waals surface area contributed by atoms with Gasteiger partial charge in [0.25, 0.3) is 5.91 Å². The monoisotopic (exact) mass is 473 g/mol. The Morgan fingerprint density at radius 3 is 2.82 bits per heavy atom. The molecule has 0 aromatic carbocycles. The molecule has 10 heteroatoms. The van der Waals surface area contributed by atoms with Gasteiger partial charge in [-0.25, -0.2) is 9.78 Å². The number of nitrogens with zero attached hydrogens (tertiary/aromatic N) is 4. The molecule has 0 unspecified atom stereocenters. The molecule has 5 heterocycles. The van der Waals surface area contributed by atoms with E-state index < -0.39 is 5.54 Å². The molecule has 1 N–H and O–H groups in total. The molecule has 3 saturated heterocycles. The highest BCUT2D eigenvalue weighted by Crippen LogP contribution is 2.37. The summed E-state index contributed by atoms with van der Waals surface area (Å²) < 4.78 is 7.60. The number of thiazole rings is 1. The van der Waals surface area contributed by atoms with Gasteiger partial charge in [-0.15, -0.1) is 11.3 Å². The van der Waals surface area contributed by atoms with E-state index in [0.29, 0.717) is 45.5 Å². The number of piperidine rings is 1. The first kappa shape index (κ1) is 22.3. The summed E-state index contributed by atoms with van der Waals surface area (Å²) in [6.45, 7) is 4.24. The Bertz CT molecular complexity index is 1010. The molecule has 3 fully saturated rings. The van der Waals surface area contributed by atoms with Gasteiger partial charge in [0.2, 0.25) is 5.91 Å². The number of rotatable bonds is 7. The quantitative estimate of drug-likeness (QED) is 0.623. The zero-order valence-corrected chi connectivity index (χ0v) is 19.8. The number of amides is 4. The highest BCUT2D eigenvalue weighted by Gasteiger charge is 2.55. The second-order valence-corrected chi connectivity index (χ2v) is 10.2. The van der Waals surface area contributed by atoms with E-state index in [1.54, 1.807) is 11.3 Å². The maximum absolute atomic E-state index is 13.5. The Kier molecular flexibility index (Phi) is 6.13. The summed E-state index contributed by atoms with van der Waals surface area (Å²) in [4.78, 5) is 47.9. The van der Waals surface area contributed by atoms with Gasteiger partial charge in [-0.05, 0) is 38.0 Å². The number of hydrogen-bond donors (Lipinski definition) is 1. The summed E-state index contributed by atoms with van der Waals surface area (Å²) >= 11 is 1.55. The summed E-state index contributed by atoms with van der Waals surface area (Å²) in [7, 11) is 0. The summed E-state index contributed by atoms with van der Waals surface area (Å²) in [6.07, 6.45) is 8.73. The summed E-state index contributed by atoms with van der Waals surface area (Å²) in [6, 6.07) is -0.304. The number of urea groups is 1. The fourth-order valence-electron chi connectivity index (χ4n) is 5.60. The third kappa shape index (κ3) is 4.14. The van der Waals surface area contributed by atoms with Crippen LogP contribution < -0.4 is 5.32 Å². The third-order valence-corrected chi connectivity index (χ3v) is 8.05. The molecule has 0 aliphatic carbocycles. The number of ether oxygens (including phenoxy) is 1. The number of imide groups is 1. The number of aromatic nitrogens is 2. The van der Waals surface area contributed by atoms with Crippen LogP contribution in [0.15, 0.2) is 17.8 Å². The van der Waals surface area contributed by atoms with Crippen molar-refractivity contribution in [1.82, 2.24) is 24.5 Å². The average molecular weight is 474 g/mol. The lowest BCUT2D eigenvalue weighted by atomic mass is 9.74. The minimum Gasteiger partial charge on any atom is -0.376 e. The molecule has 5 rings (SSSR count). The topological polar surface area (TPSA) is 96.2 Å². The number of likely N-dealkylation sites (tertiary alicyclic amines) is 1. The van der Waals surface area contributed by atoms with Crippen molar-refractivity contribution in [2.24, 2.45) is 5.92 Å². The Balaban J connectivity index is 1.23. The molecular formula is C23H31N5O4S.